The van der Waals surface area contributed by atoms with Crippen LogP contribution in [0.3, 0.4) is 0 Å². The van der Waals surface area contributed by atoms with Crippen LogP contribution in [0, 0.1) is 17.3 Å². The van der Waals surface area contributed by atoms with Crippen LogP contribution in [0.2, 0.25) is 0 Å². The predicted molar refractivity (Wildman–Crippen MR) is 98.8 cm³/mol. The molecular weight excluding hydrogens is 326 g/mol. The normalized spacial score (nSPS) is 31.0. The number of hydrogen-bond donors (Lipinski definition) is 0. The molecule has 3 heterocycles. The van der Waals surface area contributed by atoms with E-state index in [0.717, 1.165) is 63.1 Å². The van der Waals surface area contributed by atoms with Gasteiger partial charge in [-0.3, -0.25) is 0 Å². The van der Waals surface area contributed by atoms with Crippen molar-refractivity contribution in [3.63, 3.8) is 0 Å². The summed E-state index contributed by atoms with van der Waals surface area (Å²) < 4.78 is 2.07. The van der Waals surface area contributed by atoms with Crippen molar-refractivity contribution in [2.45, 2.75) is 64.3 Å². The highest BCUT2D eigenvalue weighted by molar-refractivity contribution is 5.76. The number of amides is 2. The maximum Gasteiger partial charge on any atom is 0.320 e. The molecule has 3 atom stereocenters. The first-order valence-electron chi connectivity index (χ1n) is 10.5. The van der Waals surface area contributed by atoms with Crippen LogP contribution in [0.1, 0.15) is 70.2 Å². The number of likely N-dealkylation sites (tertiary alicyclic amines) is 2. The quantitative estimate of drug-likeness (QED) is 0.834. The van der Waals surface area contributed by atoms with Gasteiger partial charge in [0.25, 0.3) is 0 Å². The van der Waals surface area contributed by atoms with Crippen LogP contribution in [0.4, 0.5) is 4.79 Å². The van der Waals surface area contributed by atoms with Gasteiger partial charge in [0.05, 0.1) is 6.04 Å². The van der Waals surface area contributed by atoms with E-state index in [1.807, 2.05) is 6.33 Å². The summed E-state index contributed by atoms with van der Waals surface area (Å²) >= 11 is 0. The number of rotatable bonds is 3. The molecule has 6 nitrogen and oxygen atoms in total. The molecule has 5 rings (SSSR count). The predicted octanol–water partition coefficient (Wildman–Crippen LogP) is 3.28. The van der Waals surface area contributed by atoms with E-state index in [0.29, 0.717) is 23.4 Å². The molecule has 4 aliphatic rings. The zero-order valence-corrected chi connectivity index (χ0v) is 16.1. The van der Waals surface area contributed by atoms with E-state index in [4.69, 9.17) is 5.10 Å². The molecule has 1 aromatic rings. The lowest BCUT2D eigenvalue weighted by Crippen LogP contribution is -2.65. The Labute approximate surface area is 155 Å². The maximum absolute atomic E-state index is 12.8. The van der Waals surface area contributed by atoms with Crippen molar-refractivity contribution in [1.82, 2.24) is 24.6 Å². The lowest BCUT2D eigenvalue weighted by atomic mass is 9.61. The van der Waals surface area contributed by atoms with E-state index in [-0.39, 0.29) is 0 Å². The average Bonchev–Trinajstić information content (AvgIpc) is 3.26. The second-order valence-electron chi connectivity index (χ2n) is 9.45. The molecule has 2 saturated carbocycles. The van der Waals surface area contributed by atoms with E-state index >= 15 is 0 Å². The van der Waals surface area contributed by atoms with Crippen molar-refractivity contribution < 1.29 is 4.79 Å². The SMILES string of the molecule is CCC(C)c1ncn(C2CC3(C2)CN(C(=O)N2CC4CCC[C@H]4C2)C3)n1. The summed E-state index contributed by atoms with van der Waals surface area (Å²) in [5.74, 6) is 2.98. The highest BCUT2D eigenvalue weighted by atomic mass is 16.2. The third-order valence-electron chi connectivity index (χ3n) is 7.61. The third kappa shape index (κ3) is 2.55. The number of aromatic nitrogens is 3. The minimum absolute atomic E-state index is 0.299. The van der Waals surface area contributed by atoms with Crippen LogP contribution in [-0.4, -0.2) is 56.8 Å². The van der Waals surface area contributed by atoms with Gasteiger partial charge in [-0.2, -0.15) is 5.10 Å². The molecule has 0 radical (unpaired) electrons. The van der Waals surface area contributed by atoms with E-state index < -0.39 is 0 Å². The topological polar surface area (TPSA) is 54.3 Å². The molecule has 2 amide bonds. The molecule has 26 heavy (non-hydrogen) atoms. The monoisotopic (exact) mass is 357 g/mol. The van der Waals surface area contributed by atoms with Gasteiger partial charge in [-0.25, -0.2) is 14.5 Å². The van der Waals surface area contributed by atoms with Crippen molar-refractivity contribution in [2.24, 2.45) is 17.3 Å². The Balaban J connectivity index is 1.12. The van der Waals surface area contributed by atoms with Crippen molar-refractivity contribution in [1.29, 1.82) is 0 Å². The number of fused-ring (bicyclic) bond motifs is 1. The van der Waals surface area contributed by atoms with Crippen molar-refractivity contribution in [3.8, 4) is 0 Å². The summed E-state index contributed by atoms with van der Waals surface area (Å²) in [7, 11) is 0. The molecule has 1 aromatic heterocycles. The number of nitrogens with zero attached hydrogens (tertiary/aromatic N) is 5. The van der Waals surface area contributed by atoms with Gasteiger partial charge in [0.1, 0.15) is 6.33 Å². The Morgan fingerprint density at radius 3 is 2.58 bits per heavy atom. The second-order valence-corrected chi connectivity index (χ2v) is 9.45. The molecular formula is C20H31N5O. The summed E-state index contributed by atoms with van der Waals surface area (Å²) in [4.78, 5) is 21.5. The minimum atomic E-state index is 0.299. The van der Waals surface area contributed by atoms with E-state index in [2.05, 4.69) is 33.3 Å². The minimum Gasteiger partial charge on any atom is -0.324 e. The number of urea groups is 1. The summed E-state index contributed by atoms with van der Waals surface area (Å²) in [6.45, 7) is 8.27. The summed E-state index contributed by atoms with van der Waals surface area (Å²) in [5.41, 5.74) is 0.360. The van der Waals surface area contributed by atoms with Gasteiger partial charge in [-0.15, -0.1) is 0 Å². The molecule has 0 bridgehead atoms. The molecule has 6 heteroatoms. The van der Waals surface area contributed by atoms with Crippen LogP contribution in [-0.2, 0) is 0 Å². The first-order chi connectivity index (χ1) is 12.6. The van der Waals surface area contributed by atoms with Crippen LogP contribution in [0.15, 0.2) is 6.33 Å². The van der Waals surface area contributed by atoms with E-state index in [1.54, 1.807) is 0 Å². The van der Waals surface area contributed by atoms with E-state index in [1.165, 1.54) is 19.3 Å². The summed E-state index contributed by atoms with van der Waals surface area (Å²) in [6, 6.07) is 0.775. The van der Waals surface area contributed by atoms with Gasteiger partial charge < -0.3 is 9.80 Å². The largest absolute Gasteiger partial charge is 0.324 e. The molecule has 0 N–H and O–H groups in total. The Hall–Kier alpha value is -1.59. The molecule has 2 saturated heterocycles. The second kappa shape index (κ2) is 5.96. The molecule has 4 fully saturated rings. The summed E-state index contributed by atoms with van der Waals surface area (Å²) in [5, 5.41) is 4.69. The fourth-order valence-electron chi connectivity index (χ4n) is 5.75. The van der Waals surface area contributed by atoms with Crippen LogP contribution in [0.5, 0.6) is 0 Å². The lowest BCUT2D eigenvalue weighted by Gasteiger charge is -2.59. The van der Waals surface area contributed by atoms with Gasteiger partial charge >= 0.3 is 6.03 Å². The van der Waals surface area contributed by atoms with Crippen molar-refractivity contribution in [3.05, 3.63) is 12.2 Å². The van der Waals surface area contributed by atoms with Gasteiger partial charge in [-0.05, 0) is 43.9 Å². The molecule has 1 spiro atoms. The number of carbonyl (C=O) groups is 1. The highest BCUT2D eigenvalue weighted by Gasteiger charge is 2.55. The molecule has 0 aromatic carbocycles. The van der Waals surface area contributed by atoms with Gasteiger partial charge in [0.15, 0.2) is 5.82 Å². The summed E-state index contributed by atoms with van der Waals surface area (Å²) in [6.07, 6.45) is 9.30. The molecule has 2 unspecified atom stereocenters. The molecule has 142 valence electrons. The number of carbonyl (C=O) groups excluding carboxylic acids is 1. The van der Waals surface area contributed by atoms with Crippen molar-refractivity contribution >= 4 is 6.03 Å². The Kier molecular flexibility index (Phi) is 3.80. The lowest BCUT2D eigenvalue weighted by molar-refractivity contribution is -0.0734. The fourth-order valence-corrected chi connectivity index (χ4v) is 5.75. The van der Waals surface area contributed by atoms with E-state index in [9.17, 15) is 4.79 Å². The zero-order valence-electron chi connectivity index (χ0n) is 16.1. The van der Waals surface area contributed by atoms with Gasteiger partial charge in [0, 0.05) is 37.5 Å². The molecule has 2 aliphatic carbocycles. The highest BCUT2D eigenvalue weighted by Crippen LogP contribution is 2.54. The Bertz CT molecular complexity index is 674. The van der Waals surface area contributed by atoms with Crippen molar-refractivity contribution in [2.75, 3.05) is 26.2 Å². The van der Waals surface area contributed by atoms with Gasteiger partial charge in [0.2, 0.25) is 0 Å². The standard InChI is InChI=1S/C20H31N5O/c1-3-14(2)18-21-13-25(22-18)17-7-20(8-17)11-24(12-20)19(26)23-9-15-5-4-6-16(15)10-23/h13-17H,3-12H2,1-2H3/t14?,15-,16?/m0/s1. The Morgan fingerprint density at radius 2 is 1.92 bits per heavy atom. The average molecular weight is 358 g/mol. The number of hydrogen-bond acceptors (Lipinski definition) is 3. The van der Waals surface area contributed by atoms with Crippen LogP contribution >= 0.6 is 0 Å². The first kappa shape index (κ1) is 16.6. The van der Waals surface area contributed by atoms with Crippen LogP contribution in [0.25, 0.3) is 0 Å². The van der Waals surface area contributed by atoms with Crippen LogP contribution < -0.4 is 0 Å². The maximum atomic E-state index is 12.8. The zero-order chi connectivity index (χ0) is 17.9. The fraction of sp³-hybridized carbons (Fsp3) is 0.850. The third-order valence-corrected chi connectivity index (χ3v) is 7.61. The smallest absolute Gasteiger partial charge is 0.320 e. The molecule has 2 aliphatic heterocycles. The Morgan fingerprint density at radius 1 is 1.23 bits per heavy atom. The van der Waals surface area contributed by atoms with Gasteiger partial charge in [-0.1, -0.05) is 20.3 Å². The first-order valence-corrected chi connectivity index (χ1v) is 10.5.